The molecule has 1 aromatic rings. The Morgan fingerprint density at radius 1 is 1.46 bits per heavy atom. The van der Waals surface area contributed by atoms with Crippen LogP contribution in [0.2, 0.25) is 0 Å². The number of nitro benzene ring substituents is 1. The van der Waals surface area contributed by atoms with Crippen molar-refractivity contribution >= 4 is 24.1 Å². The molecule has 1 unspecified atom stereocenters. The van der Waals surface area contributed by atoms with Crippen LogP contribution in [0.4, 0.5) is 5.69 Å². The number of halogens is 1. The number of hydrogen-bond donors (Lipinski definition) is 1. The number of carbonyl (C=O) groups is 1. The maximum absolute atomic E-state index is 11.3. The normalized spacial score (nSPS) is 17.2. The average Bonchev–Trinajstić information content (AvgIpc) is 2.62. The number of nitro groups is 1. The van der Waals surface area contributed by atoms with Gasteiger partial charge in [-0.05, 0) is 18.1 Å². The molecule has 0 spiro atoms. The third-order valence-electron chi connectivity index (χ3n) is 4.27. The molecule has 1 aliphatic heterocycles. The van der Waals surface area contributed by atoms with Crippen molar-refractivity contribution in [2.24, 2.45) is 0 Å². The van der Waals surface area contributed by atoms with Gasteiger partial charge in [-0.25, -0.2) is 4.79 Å². The molecule has 8 nitrogen and oxygen atoms in total. The first-order valence-corrected chi connectivity index (χ1v) is 8.46. The monoisotopic (exact) mass is 387 g/mol. The van der Waals surface area contributed by atoms with E-state index in [1.54, 1.807) is 6.07 Å². The van der Waals surface area contributed by atoms with Gasteiger partial charge in [-0.2, -0.15) is 0 Å². The van der Waals surface area contributed by atoms with E-state index in [1.807, 2.05) is 6.07 Å². The number of carbonyl (C=O) groups excluding carboxylic acids is 1. The Labute approximate surface area is 159 Å². The van der Waals surface area contributed by atoms with Crippen LogP contribution < -0.4 is 10.1 Å². The van der Waals surface area contributed by atoms with Gasteiger partial charge >= 0.3 is 11.7 Å². The number of nitrogens with zero attached hydrogens (tertiary/aromatic N) is 2. The van der Waals surface area contributed by atoms with Gasteiger partial charge in [0.05, 0.1) is 12.0 Å². The second-order valence-electron chi connectivity index (χ2n) is 6.04. The van der Waals surface area contributed by atoms with Crippen molar-refractivity contribution < 1.29 is 19.2 Å². The molecule has 1 fully saturated rings. The minimum Gasteiger partial charge on any atom is -0.475 e. The zero-order valence-corrected chi connectivity index (χ0v) is 15.9. The predicted octanol–water partition coefficient (Wildman–Crippen LogP) is 2.14. The SMILES string of the molecule is CCCC1CNCCN1Cc1ccc(OCC(=O)OC)c([N+](=O)[O-])c1.Cl. The largest absolute Gasteiger partial charge is 0.475 e. The van der Waals surface area contributed by atoms with Crippen LogP contribution >= 0.6 is 12.4 Å². The molecule has 1 aliphatic rings. The Balaban J connectivity index is 0.00000338. The molecule has 0 aliphatic carbocycles. The third kappa shape index (κ3) is 6.12. The van der Waals surface area contributed by atoms with Crippen molar-refractivity contribution in [1.29, 1.82) is 0 Å². The van der Waals surface area contributed by atoms with Crippen molar-refractivity contribution in [3.05, 3.63) is 33.9 Å². The fraction of sp³-hybridized carbons (Fsp3) is 0.588. The summed E-state index contributed by atoms with van der Waals surface area (Å²) in [6, 6.07) is 5.32. The Bertz CT molecular complexity index is 612. The second-order valence-corrected chi connectivity index (χ2v) is 6.04. The lowest BCUT2D eigenvalue weighted by Gasteiger charge is -2.36. The maximum Gasteiger partial charge on any atom is 0.343 e. The van der Waals surface area contributed by atoms with E-state index in [0.29, 0.717) is 12.6 Å². The molecule has 9 heteroatoms. The number of rotatable bonds is 8. The van der Waals surface area contributed by atoms with E-state index in [4.69, 9.17) is 4.74 Å². The minimum atomic E-state index is -0.582. The summed E-state index contributed by atoms with van der Waals surface area (Å²) in [7, 11) is 1.24. The summed E-state index contributed by atoms with van der Waals surface area (Å²) in [5, 5.41) is 14.7. The van der Waals surface area contributed by atoms with Crippen molar-refractivity contribution in [3.63, 3.8) is 0 Å². The Kier molecular flexibility index (Phi) is 9.32. The quantitative estimate of drug-likeness (QED) is 0.415. The molecule has 1 aromatic carbocycles. The summed E-state index contributed by atoms with van der Waals surface area (Å²) in [6.07, 6.45) is 2.19. The Hall–Kier alpha value is -1.90. The van der Waals surface area contributed by atoms with Gasteiger partial charge in [-0.15, -0.1) is 12.4 Å². The number of esters is 1. The van der Waals surface area contributed by atoms with E-state index in [2.05, 4.69) is 21.9 Å². The van der Waals surface area contributed by atoms with Crippen LogP contribution in [-0.2, 0) is 16.1 Å². The molecular weight excluding hydrogens is 362 g/mol. The van der Waals surface area contributed by atoms with Crippen LogP contribution in [0.3, 0.4) is 0 Å². The molecule has 0 saturated carbocycles. The number of benzene rings is 1. The van der Waals surface area contributed by atoms with Gasteiger partial charge in [0.1, 0.15) is 0 Å². The van der Waals surface area contributed by atoms with E-state index >= 15 is 0 Å². The number of nitrogens with one attached hydrogen (secondary N) is 1. The highest BCUT2D eigenvalue weighted by Crippen LogP contribution is 2.29. The second kappa shape index (κ2) is 10.9. The van der Waals surface area contributed by atoms with Crippen LogP contribution in [0.5, 0.6) is 5.75 Å². The van der Waals surface area contributed by atoms with Crippen molar-refractivity contribution in [3.8, 4) is 5.75 Å². The van der Waals surface area contributed by atoms with Gasteiger partial charge in [0.2, 0.25) is 0 Å². The first-order valence-electron chi connectivity index (χ1n) is 8.46. The van der Waals surface area contributed by atoms with Gasteiger partial charge in [0.25, 0.3) is 0 Å². The van der Waals surface area contributed by atoms with Gasteiger partial charge in [0, 0.05) is 38.3 Å². The molecule has 1 N–H and O–H groups in total. The molecule has 2 rings (SSSR count). The first kappa shape index (κ1) is 22.1. The summed E-state index contributed by atoms with van der Waals surface area (Å²) in [6.45, 7) is 5.24. The number of hydrogen-bond acceptors (Lipinski definition) is 7. The topological polar surface area (TPSA) is 93.9 Å². The van der Waals surface area contributed by atoms with Crippen LogP contribution in [0.15, 0.2) is 18.2 Å². The lowest BCUT2D eigenvalue weighted by molar-refractivity contribution is -0.385. The highest BCUT2D eigenvalue weighted by molar-refractivity contribution is 5.85. The molecule has 0 radical (unpaired) electrons. The van der Waals surface area contributed by atoms with E-state index in [0.717, 1.165) is 38.0 Å². The smallest absolute Gasteiger partial charge is 0.343 e. The van der Waals surface area contributed by atoms with Crippen molar-refractivity contribution in [2.75, 3.05) is 33.4 Å². The van der Waals surface area contributed by atoms with E-state index in [-0.39, 0.29) is 30.5 Å². The lowest BCUT2D eigenvalue weighted by atomic mass is 10.1. The standard InChI is InChI=1S/C17H25N3O5.ClH/c1-3-4-14-10-18-7-8-19(14)11-13-5-6-16(15(9-13)20(22)23)25-12-17(21)24-2;/h5-6,9,14,18H,3-4,7-8,10-12H2,1-2H3;1H. The number of ether oxygens (including phenoxy) is 2. The van der Waals surface area contributed by atoms with Crippen LogP contribution in [0.1, 0.15) is 25.3 Å². The summed E-state index contributed by atoms with van der Waals surface area (Å²) < 4.78 is 9.70. The van der Waals surface area contributed by atoms with Gasteiger partial charge < -0.3 is 14.8 Å². The summed E-state index contributed by atoms with van der Waals surface area (Å²) in [5.74, 6) is -0.508. The summed E-state index contributed by atoms with van der Waals surface area (Å²) in [4.78, 5) is 24.4. The molecule has 0 amide bonds. The van der Waals surface area contributed by atoms with Gasteiger partial charge in [-0.1, -0.05) is 19.4 Å². The molecule has 1 saturated heterocycles. The average molecular weight is 388 g/mol. The van der Waals surface area contributed by atoms with Gasteiger partial charge in [-0.3, -0.25) is 15.0 Å². The van der Waals surface area contributed by atoms with E-state index in [1.165, 1.54) is 13.2 Å². The molecule has 0 aromatic heterocycles. The molecule has 26 heavy (non-hydrogen) atoms. The molecule has 146 valence electrons. The molecular formula is C17H26ClN3O5. The highest BCUT2D eigenvalue weighted by atomic mass is 35.5. The minimum absolute atomic E-state index is 0. The van der Waals surface area contributed by atoms with E-state index < -0.39 is 10.9 Å². The Morgan fingerprint density at radius 3 is 2.88 bits per heavy atom. The van der Waals surface area contributed by atoms with E-state index in [9.17, 15) is 14.9 Å². The first-order chi connectivity index (χ1) is 12.0. The summed E-state index contributed by atoms with van der Waals surface area (Å²) in [5.41, 5.74) is 0.726. The predicted molar refractivity (Wildman–Crippen MR) is 99.8 cm³/mol. The zero-order valence-electron chi connectivity index (χ0n) is 15.1. The number of piperazine rings is 1. The van der Waals surface area contributed by atoms with Crippen LogP contribution in [-0.4, -0.2) is 55.2 Å². The highest BCUT2D eigenvalue weighted by Gasteiger charge is 2.23. The summed E-state index contributed by atoms with van der Waals surface area (Å²) >= 11 is 0. The molecule has 0 bridgehead atoms. The van der Waals surface area contributed by atoms with Crippen LogP contribution in [0, 0.1) is 10.1 Å². The molecule has 1 heterocycles. The maximum atomic E-state index is 11.3. The van der Waals surface area contributed by atoms with Crippen molar-refractivity contribution in [1.82, 2.24) is 10.2 Å². The van der Waals surface area contributed by atoms with Crippen molar-refractivity contribution in [2.45, 2.75) is 32.4 Å². The fourth-order valence-corrected chi connectivity index (χ4v) is 2.99. The third-order valence-corrected chi connectivity index (χ3v) is 4.27. The Morgan fingerprint density at radius 2 is 2.23 bits per heavy atom. The molecule has 1 atom stereocenters. The fourth-order valence-electron chi connectivity index (χ4n) is 2.99. The zero-order chi connectivity index (χ0) is 18.2. The van der Waals surface area contributed by atoms with Gasteiger partial charge in [0.15, 0.2) is 12.4 Å². The van der Waals surface area contributed by atoms with Crippen LogP contribution in [0.25, 0.3) is 0 Å². The number of methoxy groups -OCH3 is 1. The lowest BCUT2D eigenvalue weighted by Crippen LogP contribution is -2.50.